The molecule has 0 aromatic rings. The van der Waals surface area contributed by atoms with Crippen LogP contribution in [0.5, 0.6) is 0 Å². The quantitative estimate of drug-likeness (QED) is 0.658. The Morgan fingerprint density at radius 2 is 1.67 bits per heavy atom. The fourth-order valence-corrected chi connectivity index (χ4v) is 2.08. The van der Waals surface area contributed by atoms with Crippen LogP contribution in [0.4, 0.5) is 13.2 Å². The SMILES string of the molecule is O=C1CCCCCCCC1CC(F)(F)F. The first-order valence-electron chi connectivity index (χ1n) is 5.58. The first-order valence-corrected chi connectivity index (χ1v) is 5.58. The normalized spacial score (nSPS) is 25.5. The van der Waals surface area contributed by atoms with Crippen LogP contribution in [0.2, 0.25) is 0 Å². The molecule has 0 aliphatic heterocycles. The van der Waals surface area contributed by atoms with Gasteiger partial charge in [-0.2, -0.15) is 13.2 Å². The zero-order valence-corrected chi connectivity index (χ0v) is 8.78. The molecule has 1 rings (SSSR count). The molecule has 1 nitrogen and oxygen atoms in total. The lowest BCUT2D eigenvalue weighted by molar-refractivity contribution is -0.153. The van der Waals surface area contributed by atoms with E-state index < -0.39 is 18.5 Å². The van der Waals surface area contributed by atoms with Crippen molar-refractivity contribution in [2.45, 2.75) is 57.5 Å². The van der Waals surface area contributed by atoms with Gasteiger partial charge in [-0.15, -0.1) is 0 Å². The van der Waals surface area contributed by atoms with E-state index in [2.05, 4.69) is 0 Å². The van der Waals surface area contributed by atoms with E-state index in [9.17, 15) is 18.0 Å². The number of hydrogen-bond donors (Lipinski definition) is 0. The monoisotopic (exact) mass is 222 g/mol. The van der Waals surface area contributed by atoms with Crippen LogP contribution in [0.25, 0.3) is 0 Å². The zero-order valence-electron chi connectivity index (χ0n) is 8.78. The van der Waals surface area contributed by atoms with Gasteiger partial charge in [0.05, 0.1) is 6.42 Å². The van der Waals surface area contributed by atoms with Gasteiger partial charge in [-0.3, -0.25) is 4.79 Å². The van der Waals surface area contributed by atoms with E-state index in [1.807, 2.05) is 0 Å². The molecule has 88 valence electrons. The minimum absolute atomic E-state index is 0.186. The molecule has 0 aromatic heterocycles. The molecule has 1 aliphatic rings. The molecule has 0 bridgehead atoms. The van der Waals surface area contributed by atoms with E-state index in [0.717, 1.165) is 32.1 Å². The summed E-state index contributed by atoms with van der Waals surface area (Å²) >= 11 is 0. The zero-order chi connectivity index (χ0) is 11.3. The Morgan fingerprint density at radius 1 is 1.07 bits per heavy atom. The predicted molar refractivity (Wildman–Crippen MR) is 51.5 cm³/mol. The standard InChI is InChI=1S/C11H17F3O/c12-11(13,14)8-9-6-4-2-1-3-5-7-10(9)15/h9H,1-8H2. The fraction of sp³-hybridized carbons (Fsp3) is 0.909. The summed E-state index contributed by atoms with van der Waals surface area (Å²) in [6.07, 6.45) is 0.122. The predicted octanol–water partition coefficient (Wildman–Crippen LogP) is 3.87. The first-order chi connectivity index (χ1) is 6.99. The maximum Gasteiger partial charge on any atom is 0.389 e. The van der Waals surface area contributed by atoms with E-state index in [1.165, 1.54) is 0 Å². The minimum atomic E-state index is -4.20. The molecule has 1 atom stereocenters. The summed E-state index contributed by atoms with van der Waals surface area (Å²) in [6, 6.07) is 0. The third-order valence-electron chi connectivity index (χ3n) is 2.91. The van der Waals surface area contributed by atoms with E-state index in [4.69, 9.17) is 0 Å². The minimum Gasteiger partial charge on any atom is -0.299 e. The highest BCUT2D eigenvalue weighted by Gasteiger charge is 2.34. The molecule has 0 N–H and O–H groups in total. The lowest BCUT2D eigenvalue weighted by Crippen LogP contribution is -2.22. The third-order valence-corrected chi connectivity index (χ3v) is 2.91. The van der Waals surface area contributed by atoms with Crippen molar-refractivity contribution in [1.29, 1.82) is 0 Å². The summed E-state index contributed by atoms with van der Waals surface area (Å²) in [5, 5.41) is 0. The van der Waals surface area contributed by atoms with Gasteiger partial charge in [-0.1, -0.05) is 25.7 Å². The smallest absolute Gasteiger partial charge is 0.299 e. The van der Waals surface area contributed by atoms with Crippen LogP contribution in [-0.2, 0) is 4.79 Å². The molecule has 0 spiro atoms. The van der Waals surface area contributed by atoms with Crippen LogP contribution in [0.15, 0.2) is 0 Å². The molecule has 1 unspecified atom stereocenters. The van der Waals surface area contributed by atoms with Crippen LogP contribution in [-0.4, -0.2) is 12.0 Å². The van der Waals surface area contributed by atoms with Crippen molar-refractivity contribution in [3.63, 3.8) is 0 Å². The summed E-state index contributed by atoms with van der Waals surface area (Å²) in [7, 11) is 0. The highest BCUT2D eigenvalue weighted by molar-refractivity contribution is 5.81. The highest BCUT2D eigenvalue weighted by Crippen LogP contribution is 2.30. The van der Waals surface area contributed by atoms with Crippen molar-refractivity contribution >= 4 is 5.78 Å². The van der Waals surface area contributed by atoms with Crippen LogP contribution >= 0.6 is 0 Å². The van der Waals surface area contributed by atoms with Crippen LogP contribution in [0.3, 0.4) is 0 Å². The molecule has 0 radical (unpaired) electrons. The highest BCUT2D eigenvalue weighted by atomic mass is 19.4. The second-order valence-electron chi connectivity index (χ2n) is 4.29. The Morgan fingerprint density at radius 3 is 2.33 bits per heavy atom. The molecular formula is C11H17F3O. The van der Waals surface area contributed by atoms with Crippen molar-refractivity contribution < 1.29 is 18.0 Å². The molecule has 1 aliphatic carbocycles. The number of carbonyl (C=O) groups is 1. The van der Waals surface area contributed by atoms with Crippen molar-refractivity contribution in [3.8, 4) is 0 Å². The molecule has 1 fully saturated rings. The van der Waals surface area contributed by atoms with Gasteiger partial charge in [-0.25, -0.2) is 0 Å². The van der Waals surface area contributed by atoms with E-state index in [0.29, 0.717) is 12.8 Å². The van der Waals surface area contributed by atoms with Crippen molar-refractivity contribution in [2.24, 2.45) is 5.92 Å². The molecule has 15 heavy (non-hydrogen) atoms. The second kappa shape index (κ2) is 5.52. The van der Waals surface area contributed by atoms with Gasteiger partial charge in [0, 0.05) is 12.3 Å². The Bertz CT molecular complexity index is 210. The molecule has 0 amide bonds. The summed E-state index contributed by atoms with van der Waals surface area (Å²) in [5.74, 6) is -0.961. The van der Waals surface area contributed by atoms with E-state index in [1.54, 1.807) is 0 Å². The average molecular weight is 222 g/mol. The number of halogens is 3. The van der Waals surface area contributed by atoms with E-state index >= 15 is 0 Å². The van der Waals surface area contributed by atoms with Gasteiger partial charge in [-0.05, 0) is 12.8 Å². The maximum atomic E-state index is 12.2. The summed E-state index contributed by atoms with van der Waals surface area (Å²) in [4.78, 5) is 11.5. The molecule has 0 heterocycles. The maximum absolute atomic E-state index is 12.2. The van der Waals surface area contributed by atoms with Gasteiger partial charge in [0.2, 0.25) is 0 Å². The third kappa shape index (κ3) is 5.19. The average Bonchev–Trinajstić information content (AvgIpc) is 2.19. The number of rotatable bonds is 1. The van der Waals surface area contributed by atoms with Gasteiger partial charge < -0.3 is 0 Å². The molecule has 4 heteroatoms. The largest absolute Gasteiger partial charge is 0.389 e. The summed E-state index contributed by atoms with van der Waals surface area (Å²) < 4.78 is 36.6. The second-order valence-corrected chi connectivity index (χ2v) is 4.29. The van der Waals surface area contributed by atoms with Crippen LogP contribution in [0.1, 0.15) is 51.4 Å². The van der Waals surface area contributed by atoms with Gasteiger partial charge >= 0.3 is 6.18 Å². The Kier molecular flexibility index (Phi) is 4.61. The van der Waals surface area contributed by atoms with Crippen molar-refractivity contribution in [1.82, 2.24) is 0 Å². The number of hydrogen-bond acceptors (Lipinski definition) is 1. The lowest BCUT2D eigenvalue weighted by Gasteiger charge is -2.16. The van der Waals surface area contributed by atoms with Gasteiger partial charge in [0.15, 0.2) is 0 Å². The molecule has 0 aromatic carbocycles. The fourth-order valence-electron chi connectivity index (χ4n) is 2.08. The van der Waals surface area contributed by atoms with E-state index in [-0.39, 0.29) is 5.78 Å². The Labute approximate surface area is 88.0 Å². The number of carbonyl (C=O) groups excluding carboxylic acids is 1. The number of Topliss-reactive ketones (excluding diaryl/α,β-unsaturated/α-hetero) is 1. The van der Waals surface area contributed by atoms with Crippen molar-refractivity contribution in [3.05, 3.63) is 0 Å². The first kappa shape index (κ1) is 12.5. The topological polar surface area (TPSA) is 17.1 Å². The Hall–Kier alpha value is -0.540. The summed E-state index contributed by atoms with van der Waals surface area (Å²) in [6.45, 7) is 0. The summed E-state index contributed by atoms with van der Waals surface area (Å²) in [5.41, 5.74) is 0. The van der Waals surface area contributed by atoms with Gasteiger partial charge in [0.1, 0.15) is 5.78 Å². The van der Waals surface area contributed by atoms with Crippen LogP contribution < -0.4 is 0 Å². The molecule has 1 saturated carbocycles. The number of alkyl halides is 3. The van der Waals surface area contributed by atoms with Gasteiger partial charge in [0.25, 0.3) is 0 Å². The molecular weight excluding hydrogens is 205 g/mol. The Balaban J connectivity index is 2.52. The lowest BCUT2D eigenvalue weighted by atomic mass is 9.92. The number of ketones is 1. The molecule has 0 saturated heterocycles. The van der Waals surface area contributed by atoms with Crippen molar-refractivity contribution in [2.75, 3.05) is 0 Å². The van der Waals surface area contributed by atoms with Crippen LogP contribution in [0, 0.1) is 5.92 Å².